The van der Waals surface area contributed by atoms with E-state index in [-0.39, 0.29) is 5.91 Å². The topological polar surface area (TPSA) is 60.1 Å². The number of nitrogens with one attached hydrogen (secondary N) is 1. The standard InChI is InChI=1S/C11H13N3O2/c1-2-14-6-5-9(13-14)8-12-11(15)10-4-3-7-16-10/h3-7H,2,8H2,1H3,(H,12,15). The molecule has 0 radical (unpaired) electrons. The second-order valence-electron chi connectivity index (χ2n) is 3.32. The van der Waals surface area contributed by atoms with Crippen LogP contribution in [0.2, 0.25) is 0 Å². The van der Waals surface area contributed by atoms with E-state index in [1.807, 2.05) is 23.9 Å². The van der Waals surface area contributed by atoms with Crippen LogP contribution in [0.3, 0.4) is 0 Å². The molecule has 0 aliphatic heterocycles. The highest BCUT2D eigenvalue weighted by atomic mass is 16.3. The van der Waals surface area contributed by atoms with E-state index in [4.69, 9.17) is 4.42 Å². The van der Waals surface area contributed by atoms with Gasteiger partial charge in [-0.15, -0.1) is 0 Å². The lowest BCUT2D eigenvalue weighted by molar-refractivity contribution is 0.0922. The molecule has 0 aliphatic carbocycles. The highest BCUT2D eigenvalue weighted by Crippen LogP contribution is 2.00. The van der Waals surface area contributed by atoms with Gasteiger partial charge in [0.2, 0.25) is 0 Å². The lowest BCUT2D eigenvalue weighted by Crippen LogP contribution is -2.22. The van der Waals surface area contributed by atoms with Crippen molar-refractivity contribution in [1.82, 2.24) is 15.1 Å². The van der Waals surface area contributed by atoms with E-state index in [0.717, 1.165) is 12.2 Å². The summed E-state index contributed by atoms with van der Waals surface area (Å²) in [5.41, 5.74) is 0.835. The van der Waals surface area contributed by atoms with E-state index in [1.165, 1.54) is 6.26 Å². The molecule has 84 valence electrons. The summed E-state index contributed by atoms with van der Waals surface area (Å²) in [6.45, 7) is 3.25. The fourth-order valence-electron chi connectivity index (χ4n) is 1.34. The Kier molecular flexibility index (Phi) is 3.05. The van der Waals surface area contributed by atoms with Gasteiger partial charge < -0.3 is 9.73 Å². The Bertz CT molecular complexity index is 459. The molecule has 2 aromatic heterocycles. The summed E-state index contributed by atoms with van der Waals surface area (Å²) in [6, 6.07) is 5.19. The third-order valence-corrected chi connectivity index (χ3v) is 2.19. The molecule has 16 heavy (non-hydrogen) atoms. The molecule has 0 fully saturated rings. The van der Waals surface area contributed by atoms with Gasteiger partial charge in [-0.25, -0.2) is 0 Å². The fraction of sp³-hybridized carbons (Fsp3) is 0.273. The molecule has 5 heteroatoms. The third-order valence-electron chi connectivity index (χ3n) is 2.19. The number of hydrogen-bond acceptors (Lipinski definition) is 3. The highest BCUT2D eigenvalue weighted by Gasteiger charge is 2.08. The summed E-state index contributed by atoms with van der Waals surface area (Å²) >= 11 is 0. The fourth-order valence-corrected chi connectivity index (χ4v) is 1.34. The first-order chi connectivity index (χ1) is 7.79. The zero-order valence-corrected chi connectivity index (χ0v) is 9.01. The minimum Gasteiger partial charge on any atom is -0.459 e. The lowest BCUT2D eigenvalue weighted by Gasteiger charge is -1.99. The second-order valence-corrected chi connectivity index (χ2v) is 3.32. The maximum atomic E-state index is 11.5. The van der Waals surface area contributed by atoms with Crippen LogP contribution in [-0.2, 0) is 13.1 Å². The lowest BCUT2D eigenvalue weighted by atomic mass is 10.4. The van der Waals surface area contributed by atoms with Crippen molar-refractivity contribution in [3.63, 3.8) is 0 Å². The van der Waals surface area contributed by atoms with Crippen LogP contribution in [0.15, 0.2) is 35.1 Å². The predicted molar refractivity (Wildman–Crippen MR) is 57.8 cm³/mol. The van der Waals surface area contributed by atoms with Gasteiger partial charge in [-0.3, -0.25) is 9.48 Å². The van der Waals surface area contributed by atoms with Crippen LogP contribution in [-0.4, -0.2) is 15.7 Å². The quantitative estimate of drug-likeness (QED) is 0.846. The minimum atomic E-state index is -0.226. The van der Waals surface area contributed by atoms with Gasteiger partial charge in [0.05, 0.1) is 18.5 Å². The van der Waals surface area contributed by atoms with Crippen molar-refractivity contribution in [1.29, 1.82) is 0 Å². The van der Waals surface area contributed by atoms with Crippen LogP contribution in [0.1, 0.15) is 23.2 Å². The zero-order valence-electron chi connectivity index (χ0n) is 9.01. The summed E-state index contributed by atoms with van der Waals surface area (Å²) in [4.78, 5) is 11.5. The summed E-state index contributed by atoms with van der Waals surface area (Å²) in [5, 5.41) is 6.98. The van der Waals surface area contributed by atoms with E-state index in [2.05, 4.69) is 10.4 Å². The van der Waals surface area contributed by atoms with E-state index >= 15 is 0 Å². The number of hydrogen-bond donors (Lipinski definition) is 1. The summed E-state index contributed by atoms with van der Waals surface area (Å²) in [7, 11) is 0. The molecular weight excluding hydrogens is 206 g/mol. The number of furan rings is 1. The Hall–Kier alpha value is -2.04. The normalized spacial score (nSPS) is 10.3. The van der Waals surface area contributed by atoms with E-state index < -0.39 is 0 Å². The average molecular weight is 219 g/mol. The number of aromatic nitrogens is 2. The summed E-state index contributed by atoms with van der Waals surface area (Å²) in [6.07, 6.45) is 3.36. The number of rotatable bonds is 4. The third kappa shape index (κ3) is 2.31. The molecule has 0 spiro atoms. The molecular formula is C11H13N3O2. The molecule has 2 rings (SSSR count). The van der Waals surface area contributed by atoms with E-state index in [1.54, 1.807) is 12.1 Å². The molecule has 0 unspecified atom stereocenters. The van der Waals surface area contributed by atoms with Crippen LogP contribution >= 0.6 is 0 Å². The number of nitrogens with zero attached hydrogens (tertiary/aromatic N) is 2. The Morgan fingerprint density at radius 2 is 2.44 bits per heavy atom. The van der Waals surface area contributed by atoms with Crippen molar-refractivity contribution >= 4 is 5.91 Å². The molecule has 0 atom stereocenters. The summed E-state index contributed by atoms with van der Waals surface area (Å²) in [5.74, 6) is 0.0889. The molecule has 5 nitrogen and oxygen atoms in total. The molecule has 0 saturated carbocycles. The van der Waals surface area contributed by atoms with Crippen LogP contribution in [0.5, 0.6) is 0 Å². The monoisotopic (exact) mass is 219 g/mol. The van der Waals surface area contributed by atoms with Gasteiger partial charge in [0.1, 0.15) is 0 Å². The Morgan fingerprint density at radius 3 is 3.06 bits per heavy atom. The van der Waals surface area contributed by atoms with Gasteiger partial charge in [0.15, 0.2) is 5.76 Å². The van der Waals surface area contributed by atoms with Gasteiger partial charge in [0, 0.05) is 12.7 Å². The number of aryl methyl sites for hydroxylation is 1. The second kappa shape index (κ2) is 4.65. The van der Waals surface area contributed by atoms with Crippen LogP contribution in [0, 0.1) is 0 Å². The van der Waals surface area contributed by atoms with Crippen molar-refractivity contribution < 1.29 is 9.21 Å². The maximum Gasteiger partial charge on any atom is 0.287 e. The SMILES string of the molecule is CCn1ccc(CNC(=O)c2ccco2)n1. The van der Waals surface area contributed by atoms with Crippen LogP contribution in [0.4, 0.5) is 0 Å². The van der Waals surface area contributed by atoms with Gasteiger partial charge in [-0.1, -0.05) is 0 Å². The summed E-state index contributed by atoms with van der Waals surface area (Å²) < 4.78 is 6.79. The van der Waals surface area contributed by atoms with E-state index in [9.17, 15) is 4.79 Å². The molecule has 1 amide bonds. The molecule has 0 bridgehead atoms. The van der Waals surface area contributed by atoms with Gasteiger partial charge in [0.25, 0.3) is 5.91 Å². The molecule has 2 heterocycles. The van der Waals surface area contributed by atoms with Crippen LogP contribution in [0.25, 0.3) is 0 Å². The van der Waals surface area contributed by atoms with E-state index in [0.29, 0.717) is 12.3 Å². The zero-order chi connectivity index (χ0) is 11.4. The first-order valence-corrected chi connectivity index (χ1v) is 5.13. The van der Waals surface area contributed by atoms with Crippen molar-refractivity contribution in [2.45, 2.75) is 20.0 Å². The van der Waals surface area contributed by atoms with Crippen molar-refractivity contribution in [2.75, 3.05) is 0 Å². The molecule has 1 N–H and O–H groups in total. The van der Waals surface area contributed by atoms with Crippen molar-refractivity contribution in [2.24, 2.45) is 0 Å². The highest BCUT2D eigenvalue weighted by molar-refractivity contribution is 5.91. The Balaban J connectivity index is 1.90. The predicted octanol–water partition coefficient (Wildman–Crippen LogP) is 1.43. The maximum absolute atomic E-state index is 11.5. The van der Waals surface area contributed by atoms with Gasteiger partial charge >= 0.3 is 0 Å². The Labute approximate surface area is 93.1 Å². The molecule has 0 aromatic carbocycles. The first kappa shape index (κ1) is 10.5. The number of carbonyl (C=O) groups is 1. The first-order valence-electron chi connectivity index (χ1n) is 5.13. The van der Waals surface area contributed by atoms with Gasteiger partial charge in [-0.2, -0.15) is 5.10 Å². The number of amides is 1. The smallest absolute Gasteiger partial charge is 0.287 e. The average Bonchev–Trinajstić information content (AvgIpc) is 2.96. The van der Waals surface area contributed by atoms with Crippen LogP contribution < -0.4 is 5.32 Å². The number of carbonyl (C=O) groups excluding carboxylic acids is 1. The van der Waals surface area contributed by atoms with Gasteiger partial charge in [-0.05, 0) is 25.1 Å². The van der Waals surface area contributed by atoms with Crippen molar-refractivity contribution in [3.05, 3.63) is 42.1 Å². The molecule has 0 saturated heterocycles. The molecule has 0 aliphatic rings. The van der Waals surface area contributed by atoms with Crippen molar-refractivity contribution in [3.8, 4) is 0 Å². The molecule has 2 aromatic rings. The largest absolute Gasteiger partial charge is 0.459 e. The minimum absolute atomic E-state index is 0.226. The Morgan fingerprint density at radius 1 is 1.56 bits per heavy atom.